The van der Waals surface area contributed by atoms with Crippen LogP contribution in [0, 0.1) is 0 Å². The van der Waals surface area contributed by atoms with Crippen LogP contribution in [0.1, 0.15) is 24.4 Å². The van der Waals surface area contributed by atoms with Crippen LogP contribution >= 0.6 is 11.8 Å². The number of anilines is 2. The van der Waals surface area contributed by atoms with Gasteiger partial charge in [-0.3, -0.25) is 24.2 Å². The van der Waals surface area contributed by atoms with Crippen LogP contribution in [0.3, 0.4) is 0 Å². The molecule has 0 fully saturated rings. The summed E-state index contributed by atoms with van der Waals surface area (Å²) >= 11 is 0.612. The predicted octanol–water partition coefficient (Wildman–Crippen LogP) is 0.784. The van der Waals surface area contributed by atoms with Crippen molar-refractivity contribution >= 4 is 41.1 Å². The van der Waals surface area contributed by atoms with Gasteiger partial charge in [-0.2, -0.15) is 0 Å². The molecule has 0 bridgehead atoms. The van der Waals surface area contributed by atoms with Gasteiger partial charge >= 0.3 is 11.9 Å². The highest BCUT2D eigenvalue weighted by Gasteiger charge is 2.32. The number of ether oxygens (including phenoxy) is 2. The topological polar surface area (TPSA) is 167 Å². The molecule has 0 saturated carbocycles. The molecule has 150 valence electrons. The van der Waals surface area contributed by atoms with Gasteiger partial charge in [-0.25, -0.2) is 4.98 Å². The Bertz CT molecular complexity index is 892. The maximum Gasteiger partial charge on any atom is 0.331 e. The lowest BCUT2D eigenvalue weighted by molar-refractivity contribution is -0.152. The van der Waals surface area contributed by atoms with E-state index in [2.05, 4.69) is 15.3 Å². The Hall–Kier alpha value is -3.28. The molecule has 0 spiro atoms. The summed E-state index contributed by atoms with van der Waals surface area (Å²) in [6.45, 7) is 3.27. The minimum Gasteiger partial charge on any atom is -0.465 e. The molecule has 0 atom stereocenters. The molecule has 0 aliphatic carbocycles. The van der Waals surface area contributed by atoms with Gasteiger partial charge in [0.05, 0.1) is 19.5 Å². The van der Waals surface area contributed by atoms with E-state index >= 15 is 0 Å². The number of nitrogens with two attached hydrogens (primary N) is 1. The average molecular weight is 410 g/mol. The van der Waals surface area contributed by atoms with Gasteiger partial charge in [0.2, 0.25) is 5.25 Å². The van der Waals surface area contributed by atoms with Crippen LogP contribution in [0.15, 0.2) is 32.8 Å². The summed E-state index contributed by atoms with van der Waals surface area (Å²) < 4.78 is 14.6. The van der Waals surface area contributed by atoms with Crippen LogP contribution in [0.25, 0.3) is 0 Å². The van der Waals surface area contributed by atoms with Crippen molar-refractivity contribution in [2.45, 2.75) is 24.3 Å². The summed E-state index contributed by atoms with van der Waals surface area (Å²) in [7, 11) is 0. The molecule has 0 aromatic carbocycles. The molecular weight excluding hydrogens is 392 g/mol. The number of carbonyl (C=O) groups excluding carboxylic acids is 3. The Labute approximate surface area is 163 Å². The number of nitrogens with zero attached hydrogens (tertiary/aromatic N) is 1. The highest BCUT2D eigenvalue weighted by molar-refractivity contribution is 8.01. The summed E-state index contributed by atoms with van der Waals surface area (Å²) in [5.74, 6) is -2.72. The third-order valence-electron chi connectivity index (χ3n) is 3.14. The maximum absolute atomic E-state index is 12.3. The summed E-state index contributed by atoms with van der Waals surface area (Å²) in [6, 6.07) is 2.91. The number of nitrogen functional groups attached to an aromatic ring is 1. The number of carbonyl (C=O) groups is 3. The molecule has 0 radical (unpaired) electrons. The highest BCUT2D eigenvalue weighted by atomic mass is 32.2. The maximum atomic E-state index is 12.3. The molecule has 2 heterocycles. The van der Waals surface area contributed by atoms with Gasteiger partial charge in [-0.05, 0) is 26.0 Å². The van der Waals surface area contributed by atoms with Gasteiger partial charge in [-0.15, -0.1) is 0 Å². The Balaban J connectivity index is 2.24. The largest absolute Gasteiger partial charge is 0.465 e. The molecule has 0 aliphatic rings. The average Bonchev–Trinajstić information content (AvgIpc) is 3.17. The van der Waals surface area contributed by atoms with E-state index in [1.807, 2.05) is 0 Å². The van der Waals surface area contributed by atoms with E-state index in [9.17, 15) is 19.2 Å². The zero-order valence-corrected chi connectivity index (χ0v) is 15.8. The molecule has 12 heteroatoms. The van der Waals surface area contributed by atoms with Gasteiger partial charge in [-0.1, -0.05) is 11.8 Å². The quantitative estimate of drug-likeness (QED) is 0.245. The van der Waals surface area contributed by atoms with Gasteiger partial charge in [0.1, 0.15) is 0 Å². The fourth-order valence-electron chi connectivity index (χ4n) is 1.97. The van der Waals surface area contributed by atoms with E-state index in [0.29, 0.717) is 11.8 Å². The first-order chi connectivity index (χ1) is 13.4. The zero-order chi connectivity index (χ0) is 20.7. The van der Waals surface area contributed by atoms with Gasteiger partial charge < -0.3 is 24.9 Å². The van der Waals surface area contributed by atoms with Crippen LogP contribution < -0.4 is 16.6 Å². The minimum atomic E-state index is -1.40. The van der Waals surface area contributed by atoms with Crippen molar-refractivity contribution in [3.8, 4) is 0 Å². The molecule has 28 heavy (non-hydrogen) atoms. The molecule has 2 aromatic rings. The van der Waals surface area contributed by atoms with Crippen molar-refractivity contribution < 1.29 is 28.3 Å². The molecule has 0 saturated heterocycles. The number of thioether (sulfide) groups is 1. The second-order valence-electron chi connectivity index (χ2n) is 5.06. The fraction of sp³-hybridized carbons (Fsp3) is 0.312. The Kier molecular flexibility index (Phi) is 7.21. The number of amides is 1. The van der Waals surface area contributed by atoms with E-state index in [1.165, 1.54) is 18.4 Å². The molecule has 4 N–H and O–H groups in total. The first kappa shape index (κ1) is 21.0. The highest BCUT2D eigenvalue weighted by Crippen LogP contribution is 2.24. The van der Waals surface area contributed by atoms with Crippen molar-refractivity contribution in [3.63, 3.8) is 0 Å². The van der Waals surface area contributed by atoms with E-state index < -0.39 is 28.7 Å². The lowest BCUT2D eigenvalue weighted by atomic mass is 10.4. The number of nitrogens with one attached hydrogen (secondary N) is 2. The first-order valence-electron chi connectivity index (χ1n) is 8.11. The van der Waals surface area contributed by atoms with Crippen molar-refractivity contribution in [2.75, 3.05) is 24.3 Å². The van der Waals surface area contributed by atoms with Gasteiger partial charge in [0.15, 0.2) is 22.4 Å². The van der Waals surface area contributed by atoms with Crippen LogP contribution in [0.5, 0.6) is 0 Å². The first-order valence-corrected chi connectivity index (χ1v) is 8.99. The van der Waals surface area contributed by atoms with Crippen molar-refractivity contribution in [1.82, 2.24) is 9.97 Å². The van der Waals surface area contributed by atoms with E-state index in [4.69, 9.17) is 19.6 Å². The lowest BCUT2D eigenvalue weighted by Crippen LogP contribution is -2.31. The minimum absolute atomic E-state index is 0.0260. The van der Waals surface area contributed by atoms with Crippen molar-refractivity contribution in [2.24, 2.45) is 0 Å². The van der Waals surface area contributed by atoms with E-state index in [-0.39, 0.29) is 35.6 Å². The molecular formula is C16H18N4O7S. The summed E-state index contributed by atoms with van der Waals surface area (Å²) in [4.78, 5) is 54.6. The molecule has 2 rings (SSSR count). The molecule has 0 unspecified atom stereocenters. The number of hydrogen-bond donors (Lipinski definition) is 3. The Morgan fingerprint density at radius 1 is 1.29 bits per heavy atom. The number of rotatable bonds is 8. The number of H-pyrrole nitrogens is 1. The number of furan rings is 1. The van der Waals surface area contributed by atoms with E-state index in [0.717, 1.165) is 0 Å². The predicted molar refractivity (Wildman–Crippen MR) is 98.8 cm³/mol. The Morgan fingerprint density at radius 2 is 1.93 bits per heavy atom. The fourth-order valence-corrected chi connectivity index (χ4v) is 2.82. The summed E-state index contributed by atoms with van der Waals surface area (Å²) in [5, 5.41) is 0.773. The second-order valence-corrected chi connectivity index (χ2v) is 6.16. The number of aromatic nitrogens is 2. The van der Waals surface area contributed by atoms with E-state index in [1.54, 1.807) is 13.8 Å². The van der Waals surface area contributed by atoms with Crippen LogP contribution in [0.4, 0.5) is 11.5 Å². The van der Waals surface area contributed by atoms with Crippen LogP contribution in [0.2, 0.25) is 0 Å². The van der Waals surface area contributed by atoms with Crippen LogP contribution in [-0.2, 0) is 19.1 Å². The monoisotopic (exact) mass is 410 g/mol. The smallest absolute Gasteiger partial charge is 0.331 e. The number of esters is 2. The van der Waals surface area contributed by atoms with Gasteiger partial charge in [0.25, 0.3) is 11.5 Å². The molecule has 0 aliphatic heterocycles. The lowest BCUT2D eigenvalue weighted by Gasteiger charge is -2.14. The summed E-state index contributed by atoms with van der Waals surface area (Å²) in [5.41, 5.74) is 4.67. The molecule has 2 aromatic heterocycles. The summed E-state index contributed by atoms with van der Waals surface area (Å²) in [6.07, 6.45) is 1.30. The number of aromatic amines is 1. The third-order valence-corrected chi connectivity index (χ3v) is 4.18. The second kappa shape index (κ2) is 9.60. The van der Waals surface area contributed by atoms with Crippen molar-refractivity contribution in [3.05, 3.63) is 34.5 Å². The van der Waals surface area contributed by atoms with Gasteiger partial charge in [0, 0.05) is 0 Å². The number of hydrogen-bond acceptors (Lipinski definition) is 10. The zero-order valence-electron chi connectivity index (χ0n) is 15.0. The standard InChI is InChI=1S/C16H18N4O7S/c1-3-25-14(23)10(15(24)26-4-2)28-16-19-11(17)9(13(22)20-16)18-12(21)8-6-5-7-27-8/h5-7,10H,3-4H2,1-2H3,(H,18,21)(H3,17,19,20,22). The SMILES string of the molecule is CCOC(=O)C(Sc1nc(N)c(NC(=O)c2ccco2)c(=O)[nH]1)C(=O)OCC. The Morgan fingerprint density at radius 3 is 2.43 bits per heavy atom. The normalized spacial score (nSPS) is 10.5. The van der Waals surface area contributed by atoms with Crippen molar-refractivity contribution in [1.29, 1.82) is 0 Å². The molecule has 1 amide bonds. The van der Waals surface area contributed by atoms with Crippen LogP contribution in [-0.4, -0.2) is 46.3 Å². The molecule has 11 nitrogen and oxygen atoms in total. The third kappa shape index (κ3) is 5.13.